The van der Waals surface area contributed by atoms with Crippen LogP contribution in [0.2, 0.25) is 5.02 Å². The molecule has 1 atom stereocenters. The number of H-pyrrole nitrogens is 1. The van der Waals surface area contributed by atoms with Crippen molar-refractivity contribution in [2.24, 2.45) is 5.92 Å². The lowest BCUT2D eigenvalue weighted by Gasteiger charge is -2.15. The molecule has 0 bridgehead atoms. The van der Waals surface area contributed by atoms with Crippen LogP contribution in [0, 0.1) is 5.92 Å². The summed E-state index contributed by atoms with van der Waals surface area (Å²) in [6.07, 6.45) is 5.07. The molecule has 1 aromatic carbocycles. The largest absolute Gasteiger partial charge is 0.486 e. The zero-order valence-electron chi connectivity index (χ0n) is 18.9. The molecule has 0 radical (unpaired) electrons. The Morgan fingerprint density at radius 1 is 1.20 bits per heavy atom. The van der Waals surface area contributed by atoms with Gasteiger partial charge < -0.3 is 20.4 Å². The molecule has 4 aromatic rings. The van der Waals surface area contributed by atoms with Gasteiger partial charge in [-0.3, -0.25) is 14.6 Å². The van der Waals surface area contributed by atoms with Crippen LogP contribution in [0.5, 0.6) is 5.75 Å². The molecule has 1 saturated carbocycles. The number of ether oxygens (including phenoxy) is 1. The molecule has 3 heterocycles. The predicted molar refractivity (Wildman–Crippen MR) is 134 cm³/mol. The Labute approximate surface area is 205 Å². The molecule has 3 N–H and O–H groups in total. The normalized spacial score (nSPS) is 13.9. The van der Waals surface area contributed by atoms with Crippen molar-refractivity contribution in [3.63, 3.8) is 0 Å². The average Bonchev–Trinajstić information content (AvgIpc) is 3.69. The van der Waals surface area contributed by atoms with Crippen molar-refractivity contribution in [1.82, 2.24) is 19.9 Å². The molecule has 0 aliphatic heterocycles. The SMILES string of the molecule is C[C@H](Nc1nccc(NC(=O)C2CC2)n1)c1cc2cc(Cl)c(OCc3ccccn3)cc2[nH]c1=O. The number of hydrogen-bond donors (Lipinski definition) is 3. The predicted octanol–water partition coefficient (Wildman–Crippen LogP) is 4.47. The van der Waals surface area contributed by atoms with Crippen LogP contribution in [-0.2, 0) is 11.4 Å². The Balaban J connectivity index is 1.33. The van der Waals surface area contributed by atoms with E-state index in [1.165, 1.54) is 0 Å². The fourth-order valence-corrected chi connectivity index (χ4v) is 3.86. The van der Waals surface area contributed by atoms with E-state index in [0.717, 1.165) is 23.9 Å². The number of pyridine rings is 2. The first-order valence-corrected chi connectivity index (χ1v) is 11.6. The molecule has 0 spiro atoms. The van der Waals surface area contributed by atoms with Gasteiger partial charge in [-0.15, -0.1) is 0 Å². The molecule has 1 aliphatic rings. The molecule has 9 nitrogen and oxygen atoms in total. The minimum atomic E-state index is -0.406. The van der Waals surface area contributed by atoms with Gasteiger partial charge in [-0.2, -0.15) is 4.98 Å². The number of rotatable bonds is 8. The topological polar surface area (TPSA) is 122 Å². The summed E-state index contributed by atoms with van der Waals surface area (Å²) in [4.78, 5) is 40.5. The quantitative estimate of drug-likeness (QED) is 0.333. The summed E-state index contributed by atoms with van der Waals surface area (Å²) in [5.41, 5.74) is 1.61. The van der Waals surface area contributed by atoms with E-state index in [9.17, 15) is 9.59 Å². The van der Waals surface area contributed by atoms with Crippen molar-refractivity contribution < 1.29 is 9.53 Å². The van der Waals surface area contributed by atoms with Crippen LogP contribution in [-0.4, -0.2) is 25.8 Å². The number of hydrogen-bond acceptors (Lipinski definition) is 7. The van der Waals surface area contributed by atoms with Crippen LogP contribution in [0.15, 0.2) is 59.7 Å². The Hall–Kier alpha value is -3.98. The molecular formula is C25H23ClN6O3. The first-order chi connectivity index (χ1) is 17.0. The van der Waals surface area contributed by atoms with Crippen molar-refractivity contribution in [3.8, 4) is 5.75 Å². The summed E-state index contributed by atoms with van der Waals surface area (Å²) in [6, 6.07) is 12.0. The average molecular weight is 491 g/mol. The molecule has 1 aliphatic carbocycles. The molecule has 0 unspecified atom stereocenters. The lowest BCUT2D eigenvalue weighted by atomic mass is 10.1. The first kappa shape index (κ1) is 22.8. The highest BCUT2D eigenvalue weighted by Crippen LogP contribution is 2.31. The second-order valence-corrected chi connectivity index (χ2v) is 8.84. The van der Waals surface area contributed by atoms with E-state index in [2.05, 4.69) is 30.6 Å². The van der Waals surface area contributed by atoms with Gasteiger partial charge in [0, 0.05) is 35.3 Å². The summed E-state index contributed by atoms with van der Waals surface area (Å²) < 4.78 is 5.81. The fourth-order valence-electron chi connectivity index (χ4n) is 3.63. The van der Waals surface area contributed by atoms with Gasteiger partial charge in [0.2, 0.25) is 11.9 Å². The van der Waals surface area contributed by atoms with E-state index in [4.69, 9.17) is 16.3 Å². The summed E-state index contributed by atoms with van der Waals surface area (Å²) in [5, 5.41) is 7.11. The van der Waals surface area contributed by atoms with Gasteiger partial charge in [-0.05, 0) is 50.1 Å². The maximum Gasteiger partial charge on any atom is 0.253 e. The van der Waals surface area contributed by atoms with Crippen molar-refractivity contribution in [1.29, 1.82) is 0 Å². The number of carbonyl (C=O) groups is 1. The fraction of sp³-hybridized carbons (Fsp3) is 0.240. The van der Waals surface area contributed by atoms with E-state index in [1.54, 1.807) is 36.7 Å². The number of aromatic amines is 1. The Kier molecular flexibility index (Phi) is 6.33. The third-order valence-electron chi connectivity index (χ3n) is 5.69. The van der Waals surface area contributed by atoms with Gasteiger partial charge in [-0.25, -0.2) is 4.98 Å². The standard InChI is InChI=1S/C25H23ClN6O3/c1-14(29-25-28-9-7-22(32-25)31-23(33)15-5-6-15)18-10-16-11-19(26)21(12-20(16)30-24(18)34)35-13-17-4-2-3-8-27-17/h2-4,7-12,14-15H,5-6,13H2,1H3,(H,30,34)(H2,28,29,31,32,33)/t14-/m0/s1. The minimum Gasteiger partial charge on any atom is -0.486 e. The summed E-state index contributed by atoms with van der Waals surface area (Å²) in [5.74, 6) is 1.22. The van der Waals surface area contributed by atoms with E-state index in [1.807, 2.05) is 25.1 Å². The number of carbonyl (C=O) groups excluding carboxylic acids is 1. The molecule has 1 amide bonds. The van der Waals surface area contributed by atoms with Gasteiger partial charge in [0.25, 0.3) is 5.56 Å². The van der Waals surface area contributed by atoms with E-state index in [-0.39, 0.29) is 24.0 Å². The Morgan fingerprint density at radius 3 is 2.83 bits per heavy atom. The van der Waals surface area contributed by atoms with Crippen molar-refractivity contribution >= 4 is 40.2 Å². The van der Waals surface area contributed by atoms with Gasteiger partial charge in [0.15, 0.2) is 0 Å². The smallest absolute Gasteiger partial charge is 0.253 e. The minimum absolute atomic E-state index is 0.0334. The number of nitrogens with zero attached hydrogens (tertiary/aromatic N) is 3. The summed E-state index contributed by atoms with van der Waals surface area (Å²) in [7, 11) is 0. The summed E-state index contributed by atoms with van der Waals surface area (Å²) in [6.45, 7) is 2.09. The second kappa shape index (κ2) is 9.71. The van der Waals surface area contributed by atoms with Crippen LogP contribution in [0.3, 0.4) is 0 Å². The van der Waals surface area contributed by atoms with E-state index < -0.39 is 6.04 Å². The van der Waals surface area contributed by atoms with E-state index >= 15 is 0 Å². The third kappa shape index (κ3) is 5.41. The van der Waals surface area contributed by atoms with Crippen LogP contribution < -0.4 is 20.9 Å². The van der Waals surface area contributed by atoms with E-state index in [0.29, 0.717) is 33.6 Å². The highest BCUT2D eigenvalue weighted by Gasteiger charge is 2.29. The molecule has 178 valence electrons. The van der Waals surface area contributed by atoms with Crippen molar-refractivity contribution in [3.05, 3.63) is 81.5 Å². The van der Waals surface area contributed by atoms with Gasteiger partial charge in [-0.1, -0.05) is 17.7 Å². The third-order valence-corrected chi connectivity index (χ3v) is 5.99. The zero-order chi connectivity index (χ0) is 24.4. The molecule has 3 aromatic heterocycles. The summed E-state index contributed by atoms with van der Waals surface area (Å²) >= 11 is 6.45. The molecule has 1 fully saturated rings. The first-order valence-electron chi connectivity index (χ1n) is 11.3. The number of nitrogens with one attached hydrogen (secondary N) is 3. The Morgan fingerprint density at radius 2 is 2.06 bits per heavy atom. The number of amides is 1. The highest BCUT2D eigenvalue weighted by molar-refractivity contribution is 6.32. The van der Waals surface area contributed by atoms with Crippen LogP contribution in [0.4, 0.5) is 11.8 Å². The molecule has 35 heavy (non-hydrogen) atoms. The Bertz CT molecular complexity index is 1440. The molecular weight excluding hydrogens is 468 g/mol. The van der Waals surface area contributed by atoms with Crippen LogP contribution in [0.25, 0.3) is 10.9 Å². The monoisotopic (exact) mass is 490 g/mol. The van der Waals surface area contributed by atoms with Gasteiger partial charge in [0.1, 0.15) is 18.2 Å². The van der Waals surface area contributed by atoms with Crippen molar-refractivity contribution in [2.45, 2.75) is 32.4 Å². The number of anilines is 2. The number of aromatic nitrogens is 4. The lowest BCUT2D eigenvalue weighted by Crippen LogP contribution is -2.21. The van der Waals surface area contributed by atoms with Crippen LogP contribution >= 0.6 is 11.6 Å². The molecule has 10 heteroatoms. The number of halogens is 1. The maximum absolute atomic E-state index is 12.9. The maximum atomic E-state index is 12.9. The number of fused-ring (bicyclic) bond motifs is 1. The van der Waals surface area contributed by atoms with Crippen molar-refractivity contribution in [2.75, 3.05) is 10.6 Å². The number of benzene rings is 1. The highest BCUT2D eigenvalue weighted by atomic mass is 35.5. The lowest BCUT2D eigenvalue weighted by molar-refractivity contribution is -0.117. The van der Waals surface area contributed by atoms with Gasteiger partial charge in [0.05, 0.1) is 22.3 Å². The molecule has 5 rings (SSSR count). The van der Waals surface area contributed by atoms with Crippen LogP contribution in [0.1, 0.15) is 37.1 Å². The zero-order valence-corrected chi connectivity index (χ0v) is 19.7. The van der Waals surface area contributed by atoms with Gasteiger partial charge >= 0.3 is 0 Å². The second-order valence-electron chi connectivity index (χ2n) is 8.43. The molecule has 0 saturated heterocycles.